The van der Waals surface area contributed by atoms with Crippen LogP contribution in [0.15, 0.2) is 41.9 Å². The second kappa shape index (κ2) is 5.98. The number of para-hydroxylation sites is 1. The summed E-state index contributed by atoms with van der Waals surface area (Å²) >= 11 is 2.90. The topological polar surface area (TPSA) is 47.2 Å². The van der Waals surface area contributed by atoms with Gasteiger partial charge in [0, 0.05) is 6.54 Å². The third kappa shape index (κ3) is 2.67. The van der Waals surface area contributed by atoms with Gasteiger partial charge in [-0.1, -0.05) is 29.5 Å². The number of benzene rings is 1. The van der Waals surface area contributed by atoms with Crippen LogP contribution in [0.3, 0.4) is 0 Å². The van der Waals surface area contributed by atoms with Gasteiger partial charge in [-0.15, -0.1) is 17.9 Å². The van der Waals surface area contributed by atoms with Crippen molar-refractivity contribution in [1.82, 2.24) is 9.55 Å². The number of hydrogen-bond donors (Lipinski definition) is 0. The molecule has 0 aliphatic carbocycles. The van der Waals surface area contributed by atoms with E-state index >= 15 is 0 Å². The van der Waals surface area contributed by atoms with E-state index in [1.54, 1.807) is 0 Å². The molecule has 0 atom stereocenters. The molecule has 4 nitrogen and oxygen atoms in total. The normalized spacial score (nSPS) is 12.0. The number of carbonyl (C=O) groups excluding carboxylic acids is 1. The molecule has 0 radical (unpaired) electrons. The highest BCUT2D eigenvalue weighted by atomic mass is 32.1. The number of aromatic nitrogens is 2. The van der Waals surface area contributed by atoms with Gasteiger partial charge in [-0.3, -0.25) is 4.79 Å². The zero-order valence-electron chi connectivity index (χ0n) is 12.4. The predicted octanol–water partition coefficient (Wildman–Crippen LogP) is 3.70. The Morgan fingerprint density at radius 3 is 2.82 bits per heavy atom. The molecule has 3 rings (SSSR count). The van der Waals surface area contributed by atoms with Crippen molar-refractivity contribution in [3.05, 3.63) is 57.3 Å². The van der Waals surface area contributed by atoms with Crippen molar-refractivity contribution in [1.29, 1.82) is 0 Å². The van der Waals surface area contributed by atoms with Gasteiger partial charge in [-0.05, 0) is 26.0 Å². The van der Waals surface area contributed by atoms with Gasteiger partial charge in [0.25, 0.3) is 5.91 Å². The van der Waals surface area contributed by atoms with Crippen LogP contribution in [-0.2, 0) is 6.54 Å². The van der Waals surface area contributed by atoms with Crippen LogP contribution in [0.1, 0.15) is 20.4 Å². The van der Waals surface area contributed by atoms with Crippen LogP contribution < -0.4 is 4.80 Å². The van der Waals surface area contributed by atoms with Gasteiger partial charge in [0.05, 0.1) is 20.9 Å². The molecule has 22 heavy (non-hydrogen) atoms. The Balaban J connectivity index is 2.16. The Hall–Kier alpha value is -2.05. The molecule has 1 amide bonds. The first-order chi connectivity index (χ1) is 10.6. The van der Waals surface area contributed by atoms with Crippen molar-refractivity contribution in [2.45, 2.75) is 20.4 Å². The Kier molecular flexibility index (Phi) is 4.04. The minimum atomic E-state index is -0.229. The number of fused-ring (bicyclic) bond motifs is 1. The van der Waals surface area contributed by atoms with Crippen LogP contribution in [0.2, 0.25) is 0 Å². The van der Waals surface area contributed by atoms with Gasteiger partial charge in [0.1, 0.15) is 4.88 Å². The lowest BCUT2D eigenvalue weighted by atomic mass is 10.3. The van der Waals surface area contributed by atoms with Crippen molar-refractivity contribution in [3.63, 3.8) is 0 Å². The Bertz CT molecular complexity index is 930. The number of amides is 1. The fourth-order valence-corrected chi connectivity index (χ4v) is 4.12. The van der Waals surface area contributed by atoms with Crippen molar-refractivity contribution in [2.24, 2.45) is 4.99 Å². The number of allylic oxidation sites excluding steroid dienone is 1. The van der Waals surface area contributed by atoms with E-state index in [9.17, 15) is 4.79 Å². The lowest BCUT2D eigenvalue weighted by molar-refractivity contribution is 0.100. The number of hydrogen-bond acceptors (Lipinski definition) is 4. The molecular formula is C16H15N3OS2. The van der Waals surface area contributed by atoms with E-state index < -0.39 is 0 Å². The summed E-state index contributed by atoms with van der Waals surface area (Å²) in [5, 5.41) is 0.881. The van der Waals surface area contributed by atoms with E-state index in [1.807, 2.05) is 48.8 Å². The van der Waals surface area contributed by atoms with Crippen LogP contribution in [-0.4, -0.2) is 15.5 Å². The molecule has 0 saturated heterocycles. The lowest BCUT2D eigenvalue weighted by Crippen LogP contribution is -2.16. The standard InChI is InChI=1S/C16H15N3OS2/c1-4-9-19-12-7-5-6-8-13(12)22-16(19)18-15(20)14-10(2)17-11(3)21-14/h4-8H,1,9H2,2-3H3. The Labute approximate surface area is 136 Å². The van der Waals surface area contributed by atoms with Crippen molar-refractivity contribution in [2.75, 3.05) is 0 Å². The van der Waals surface area contributed by atoms with Crippen molar-refractivity contribution < 1.29 is 4.79 Å². The molecule has 6 heteroatoms. The highest BCUT2D eigenvalue weighted by Crippen LogP contribution is 2.19. The summed E-state index contributed by atoms with van der Waals surface area (Å²) in [4.78, 5) is 22.4. The van der Waals surface area contributed by atoms with Crippen LogP contribution in [0.25, 0.3) is 10.2 Å². The maximum absolute atomic E-state index is 12.5. The molecular weight excluding hydrogens is 314 g/mol. The predicted molar refractivity (Wildman–Crippen MR) is 91.5 cm³/mol. The average Bonchev–Trinajstić information content (AvgIpc) is 3.00. The number of aryl methyl sites for hydroxylation is 2. The molecule has 0 aliphatic heterocycles. The maximum Gasteiger partial charge on any atom is 0.291 e. The first kappa shape index (κ1) is 14.9. The molecule has 0 spiro atoms. The summed E-state index contributed by atoms with van der Waals surface area (Å²) in [6.07, 6.45) is 1.81. The summed E-state index contributed by atoms with van der Waals surface area (Å²) < 4.78 is 3.11. The van der Waals surface area contributed by atoms with Gasteiger partial charge >= 0.3 is 0 Å². The van der Waals surface area contributed by atoms with Gasteiger partial charge in [-0.25, -0.2) is 4.98 Å². The van der Waals surface area contributed by atoms with Crippen LogP contribution in [0.4, 0.5) is 0 Å². The molecule has 2 heterocycles. The maximum atomic E-state index is 12.5. The van der Waals surface area contributed by atoms with Gasteiger partial charge in [0.15, 0.2) is 4.80 Å². The second-order valence-corrected chi connectivity index (χ2v) is 7.03. The lowest BCUT2D eigenvalue weighted by Gasteiger charge is -2.00. The molecule has 0 unspecified atom stereocenters. The second-order valence-electron chi connectivity index (χ2n) is 4.82. The largest absolute Gasteiger partial charge is 0.312 e. The first-order valence-corrected chi connectivity index (χ1v) is 8.46. The van der Waals surface area contributed by atoms with Gasteiger partial charge in [0.2, 0.25) is 0 Å². The van der Waals surface area contributed by atoms with Crippen LogP contribution >= 0.6 is 22.7 Å². The monoisotopic (exact) mass is 329 g/mol. The smallest absolute Gasteiger partial charge is 0.291 e. The number of carbonyl (C=O) groups is 1. The van der Waals surface area contributed by atoms with Crippen molar-refractivity contribution >= 4 is 38.8 Å². The quantitative estimate of drug-likeness (QED) is 0.688. The SMILES string of the molecule is C=CCn1c(=NC(=O)c2sc(C)nc2C)sc2ccccc21. The minimum absolute atomic E-state index is 0.229. The number of thiazole rings is 2. The molecule has 0 N–H and O–H groups in total. The number of nitrogens with zero attached hydrogens (tertiary/aromatic N) is 3. The third-order valence-corrected chi connectivity index (χ3v) is 5.32. The molecule has 0 fully saturated rings. The molecule has 2 aromatic heterocycles. The first-order valence-electron chi connectivity index (χ1n) is 6.82. The highest BCUT2D eigenvalue weighted by molar-refractivity contribution is 7.16. The molecule has 3 aromatic rings. The van der Waals surface area contributed by atoms with Crippen LogP contribution in [0.5, 0.6) is 0 Å². The van der Waals surface area contributed by atoms with E-state index in [1.165, 1.54) is 22.7 Å². The molecule has 0 saturated carbocycles. The molecule has 0 aliphatic rings. The summed E-state index contributed by atoms with van der Waals surface area (Å²) in [5.74, 6) is -0.229. The van der Waals surface area contributed by atoms with E-state index in [2.05, 4.69) is 16.6 Å². The van der Waals surface area contributed by atoms with E-state index in [0.717, 1.165) is 20.9 Å². The Morgan fingerprint density at radius 1 is 1.36 bits per heavy atom. The fourth-order valence-electron chi connectivity index (χ4n) is 2.28. The average molecular weight is 329 g/mol. The zero-order chi connectivity index (χ0) is 15.7. The van der Waals surface area contributed by atoms with E-state index in [4.69, 9.17) is 0 Å². The van der Waals surface area contributed by atoms with E-state index in [-0.39, 0.29) is 5.91 Å². The molecule has 0 bridgehead atoms. The number of rotatable bonds is 3. The summed E-state index contributed by atoms with van der Waals surface area (Å²) in [7, 11) is 0. The summed E-state index contributed by atoms with van der Waals surface area (Å²) in [6.45, 7) is 8.15. The van der Waals surface area contributed by atoms with Crippen LogP contribution in [0, 0.1) is 13.8 Å². The van der Waals surface area contributed by atoms with Gasteiger partial charge < -0.3 is 4.57 Å². The zero-order valence-corrected chi connectivity index (χ0v) is 14.0. The summed E-state index contributed by atoms with van der Waals surface area (Å²) in [5.41, 5.74) is 1.81. The third-order valence-electron chi connectivity index (χ3n) is 3.19. The van der Waals surface area contributed by atoms with Gasteiger partial charge in [-0.2, -0.15) is 4.99 Å². The molecule has 1 aromatic carbocycles. The minimum Gasteiger partial charge on any atom is -0.312 e. The fraction of sp³-hybridized carbons (Fsp3) is 0.188. The molecule has 112 valence electrons. The summed E-state index contributed by atoms with van der Waals surface area (Å²) in [6, 6.07) is 8.03. The Morgan fingerprint density at radius 2 is 2.14 bits per heavy atom. The van der Waals surface area contributed by atoms with E-state index in [0.29, 0.717) is 16.2 Å². The van der Waals surface area contributed by atoms with Crippen molar-refractivity contribution in [3.8, 4) is 0 Å². The highest BCUT2D eigenvalue weighted by Gasteiger charge is 2.14.